The minimum absolute atomic E-state index is 0.120. The summed E-state index contributed by atoms with van der Waals surface area (Å²) in [6.45, 7) is 0.153. The van der Waals surface area contributed by atoms with E-state index < -0.39 is 20.8 Å². The maximum atomic E-state index is 11.7. The molecule has 3 N–H and O–H groups in total. The smallest absolute Gasteiger partial charge is 0.240 e. The number of hydrogen-bond donors (Lipinski definition) is 2. The monoisotopic (exact) mass is 262 g/mol. The summed E-state index contributed by atoms with van der Waals surface area (Å²) >= 11 is 0. The van der Waals surface area contributed by atoms with E-state index in [1.54, 1.807) is 12.1 Å². The average molecular weight is 262 g/mol. The standard InChI is InChI=1S/C9H14N2O3S2/c1-15(12)6-5-11-16(13,14)9-4-2-3-8(10)7-9/h2-4,7,11H,5-6,10H2,1H3. The van der Waals surface area contributed by atoms with Crippen molar-refractivity contribution in [3.63, 3.8) is 0 Å². The summed E-state index contributed by atoms with van der Waals surface area (Å²) in [5, 5.41) is 0. The van der Waals surface area contributed by atoms with Gasteiger partial charge in [-0.2, -0.15) is 0 Å². The quantitative estimate of drug-likeness (QED) is 0.727. The second-order valence-corrected chi connectivity index (χ2v) is 6.57. The number of rotatable bonds is 5. The third-order valence-corrected chi connectivity index (χ3v) is 4.09. The lowest BCUT2D eigenvalue weighted by Gasteiger charge is -2.06. The summed E-state index contributed by atoms with van der Waals surface area (Å²) < 4.78 is 36.5. The lowest BCUT2D eigenvalue weighted by Crippen LogP contribution is -2.27. The van der Waals surface area contributed by atoms with E-state index in [2.05, 4.69) is 4.72 Å². The second kappa shape index (κ2) is 5.42. The minimum Gasteiger partial charge on any atom is -0.399 e. The number of anilines is 1. The summed E-state index contributed by atoms with van der Waals surface area (Å²) in [6.07, 6.45) is 1.52. The van der Waals surface area contributed by atoms with E-state index in [0.29, 0.717) is 11.4 Å². The van der Waals surface area contributed by atoms with Crippen LogP contribution in [0.1, 0.15) is 0 Å². The Bertz CT molecular complexity index is 485. The van der Waals surface area contributed by atoms with E-state index >= 15 is 0 Å². The molecule has 0 spiro atoms. The van der Waals surface area contributed by atoms with Crippen molar-refractivity contribution in [2.75, 3.05) is 24.3 Å². The third kappa shape index (κ3) is 3.92. The number of nitrogens with one attached hydrogen (secondary N) is 1. The summed E-state index contributed by atoms with van der Waals surface area (Å²) in [4.78, 5) is 0.120. The first-order valence-electron chi connectivity index (χ1n) is 4.57. The van der Waals surface area contributed by atoms with Gasteiger partial charge in [-0.1, -0.05) is 6.07 Å². The number of nitrogen functional groups attached to an aromatic ring is 1. The van der Waals surface area contributed by atoms with E-state index in [1.165, 1.54) is 18.4 Å². The molecule has 7 heteroatoms. The van der Waals surface area contributed by atoms with Crippen molar-refractivity contribution in [2.24, 2.45) is 0 Å². The molecule has 1 aromatic carbocycles. The van der Waals surface area contributed by atoms with E-state index in [4.69, 9.17) is 5.73 Å². The van der Waals surface area contributed by atoms with Gasteiger partial charge in [0.15, 0.2) is 0 Å². The molecule has 1 rings (SSSR count). The van der Waals surface area contributed by atoms with Crippen molar-refractivity contribution >= 4 is 26.5 Å². The molecule has 0 aliphatic heterocycles. The molecular formula is C9H14N2O3S2. The largest absolute Gasteiger partial charge is 0.399 e. The summed E-state index contributed by atoms with van der Waals surface area (Å²) in [5.74, 6) is 0.293. The van der Waals surface area contributed by atoms with Gasteiger partial charge in [-0.25, -0.2) is 13.1 Å². The Hall–Kier alpha value is -0.920. The van der Waals surface area contributed by atoms with Gasteiger partial charge in [0.25, 0.3) is 0 Å². The molecule has 0 bridgehead atoms. The van der Waals surface area contributed by atoms with Crippen LogP contribution in [0.3, 0.4) is 0 Å². The summed E-state index contributed by atoms with van der Waals surface area (Å²) in [6, 6.07) is 6.02. The molecule has 0 aromatic heterocycles. The fourth-order valence-electron chi connectivity index (χ4n) is 1.08. The van der Waals surface area contributed by atoms with Crippen LogP contribution in [0, 0.1) is 0 Å². The number of sulfonamides is 1. The van der Waals surface area contributed by atoms with Crippen LogP contribution in [-0.4, -0.2) is 31.2 Å². The normalized spacial score (nSPS) is 13.6. The lowest BCUT2D eigenvalue weighted by molar-refractivity contribution is 0.584. The molecule has 1 aromatic rings. The van der Waals surface area contributed by atoms with Gasteiger partial charge in [0.05, 0.1) is 4.90 Å². The fourth-order valence-corrected chi connectivity index (χ4v) is 2.69. The molecule has 1 atom stereocenters. The van der Waals surface area contributed by atoms with Gasteiger partial charge in [0.1, 0.15) is 0 Å². The number of nitrogens with two attached hydrogens (primary N) is 1. The van der Waals surface area contributed by atoms with Crippen molar-refractivity contribution in [3.8, 4) is 0 Å². The van der Waals surface area contributed by atoms with Crippen molar-refractivity contribution in [1.82, 2.24) is 4.72 Å². The van der Waals surface area contributed by atoms with Crippen LogP contribution < -0.4 is 10.5 Å². The molecule has 0 saturated carbocycles. The van der Waals surface area contributed by atoms with Crippen LogP contribution in [-0.2, 0) is 20.8 Å². The fraction of sp³-hybridized carbons (Fsp3) is 0.333. The van der Waals surface area contributed by atoms with Crippen LogP contribution >= 0.6 is 0 Å². The predicted molar refractivity (Wildman–Crippen MR) is 65.0 cm³/mol. The van der Waals surface area contributed by atoms with Crippen molar-refractivity contribution in [1.29, 1.82) is 0 Å². The molecule has 90 valence electrons. The Morgan fingerprint density at radius 1 is 1.44 bits per heavy atom. The van der Waals surface area contributed by atoms with Crippen LogP contribution in [0.4, 0.5) is 5.69 Å². The number of hydrogen-bond acceptors (Lipinski definition) is 4. The zero-order chi connectivity index (χ0) is 12.2. The van der Waals surface area contributed by atoms with Crippen LogP contribution in [0.15, 0.2) is 29.2 Å². The number of benzene rings is 1. The molecule has 0 saturated heterocycles. The predicted octanol–water partition coefficient (Wildman–Crippen LogP) is -0.0744. The van der Waals surface area contributed by atoms with Gasteiger partial charge in [0, 0.05) is 35.0 Å². The Balaban J connectivity index is 2.74. The van der Waals surface area contributed by atoms with Gasteiger partial charge >= 0.3 is 0 Å². The highest BCUT2D eigenvalue weighted by Gasteiger charge is 2.13. The van der Waals surface area contributed by atoms with Gasteiger partial charge in [0.2, 0.25) is 10.0 Å². The maximum Gasteiger partial charge on any atom is 0.240 e. The Kier molecular flexibility index (Phi) is 4.45. The Morgan fingerprint density at radius 2 is 2.12 bits per heavy atom. The maximum absolute atomic E-state index is 11.7. The SMILES string of the molecule is CS(=O)CCNS(=O)(=O)c1cccc(N)c1. The van der Waals surface area contributed by atoms with Gasteiger partial charge in [-0.3, -0.25) is 4.21 Å². The van der Waals surface area contributed by atoms with Crippen LogP contribution in [0.5, 0.6) is 0 Å². The molecule has 0 aliphatic rings. The molecule has 0 amide bonds. The van der Waals surface area contributed by atoms with Crippen molar-refractivity contribution < 1.29 is 12.6 Å². The first kappa shape index (κ1) is 13.1. The van der Waals surface area contributed by atoms with E-state index in [9.17, 15) is 12.6 Å². The van der Waals surface area contributed by atoms with E-state index in [-0.39, 0.29) is 11.4 Å². The molecule has 0 heterocycles. The Morgan fingerprint density at radius 3 is 2.69 bits per heavy atom. The topological polar surface area (TPSA) is 89.3 Å². The molecule has 1 unspecified atom stereocenters. The molecular weight excluding hydrogens is 248 g/mol. The first-order chi connectivity index (χ1) is 7.42. The zero-order valence-corrected chi connectivity index (χ0v) is 10.5. The van der Waals surface area contributed by atoms with Gasteiger partial charge in [-0.15, -0.1) is 0 Å². The molecule has 5 nitrogen and oxygen atoms in total. The van der Waals surface area contributed by atoms with E-state index in [0.717, 1.165) is 0 Å². The van der Waals surface area contributed by atoms with Crippen molar-refractivity contribution in [3.05, 3.63) is 24.3 Å². The van der Waals surface area contributed by atoms with Crippen LogP contribution in [0.2, 0.25) is 0 Å². The Labute approximate surface area is 97.6 Å². The summed E-state index contributed by atoms with van der Waals surface area (Å²) in [7, 11) is -4.56. The molecule has 0 fully saturated rings. The van der Waals surface area contributed by atoms with Gasteiger partial charge < -0.3 is 5.73 Å². The molecule has 0 radical (unpaired) electrons. The zero-order valence-electron chi connectivity index (χ0n) is 8.84. The highest BCUT2D eigenvalue weighted by molar-refractivity contribution is 7.89. The molecule has 16 heavy (non-hydrogen) atoms. The van der Waals surface area contributed by atoms with Crippen LogP contribution in [0.25, 0.3) is 0 Å². The lowest BCUT2D eigenvalue weighted by atomic mass is 10.3. The highest BCUT2D eigenvalue weighted by Crippen LogP contribution is 2.11. The highest BCUT2D eigenvalue weighted by atomic mass is 32.2. The first-order valence-corrected chi connectivity index (χ1v) is 7.78. The van der Waals surface area contributed by atoms with Gasteiger partial charge in [-0.05, 0) is 18.2 Å². The molecule has 0 aliphatic carbocycles. The summed E-state index contributed by atoms with van der Waals surface area (Å²) in [5.41, 5.74) is 5.88. The van der Waals surface area contributed by atoms with Crippen molar-refractivity contribution in [2.45, 2.75) is 4.90 Å². The minimum atomic E-state index is -3.54. The average Bonchev–Trinajstić information content (AvgIpc) is 2.16. The van der Waals surface area contributed by atoms with E-state index in [1.807, 2.05) is 0 Å². The third-order valence-electron chi connectivity index (χ3n) is 1.85. The second-order valence-electron chi connectivity index (χ2n) is 3.25.